The number of hydrogen-bond donors (Lipinski definition) is 3. The maximum Gasteiger partial charge on any atom is 0.326 e. The molecule has 0 aliphatic heterocycles. The number of urea groups is 1. The van der Waals surface area contributed by atoms with Crippen molar-refractivity contribution in [2.24, 2.45) is 0 Å². The van der Waals surface area contributed by atoms with Gasteiger partial charge in [-0.2, -0.15) is 0 Å². The SMILES string of the molecule is CC[C@@H](NC(=O)NCCc1cc(F)cc(F)c1)C(=O)O. The van der Waals surface area contributed by atoms with Crippen LogP contribution >= 0.6 is 0 Å². The molecule has 20 heavy (non-hydrogen) atoms. The first-order valence-corrected chi connectivity index (χ1v) is 6.14. The summed E-state index contributed by atoms with van der Waals surface area (Å²) in [6.07, 6.45) is 0.504. The van der Waals surface area contributed by atoms with Crippen LogP contribution in [0.25, 0.3) is 0 Å². The summed E-state index contributed by atoms with van der Waals surface area (Å²) in [5.41, 5.74) is 0.410. The standard InChI is InChI=1S/C13H16F2N2O3/c1-2-11(12(18)19)17-13(20)16-4-3-8-5-9(14)7-10(15)6-8/h5-7,11H,2-4H2,1H3,(H,18,19)(H2,16,17,20)/t11-/m1/s1. The first-order chi connectivity index (χ1) is 9.42. The first-order valence-electron chi connectivity index (χ1n) is 6.14. The Balaban J connectivity index is 2.40. The predicted octanol–water partition coefficient (Wildman–Crippen LogP) is 1.67. The molecule has 0 spiro atoms. The van der Waals surface area contributed by atoms with E-state index in [4.69, 9.17) is 5.11 Å². The Kier molecular flexibility index (Phi) is 5.89. The van der Waals surface area contributed by atoms with E-state index in [1.807, 2.05) is 0 Å². The summed E-state index contributed by atoms with van der Waals surface area (Å²) >= 11 is 0. The lowest BCUT2D eigenvalue weighted by atomic mass is 10.1. The number of benzene rings is 1. The Hall–Kier alpha value is -2.18. The zero-order chi connectivity index (χ0) is 15.1. The number of rotatable bonds is 6. The molecule has 0 saturated carbocycles. The van der Waals surface area contributed by atoms with E-state index < -0.39 is 29.7 Å². The molecule has 0 heterocycles. The van der Waals surface area contributed by atoms with Crippen LogP contribution in [-0.2, 0) is 11.2 Å². The number of nitrogens with one attached hydrogen (secondary N) is 2. The fourth-order valence-electron chi connectivity index (χ4n) is 1.62. The van der Waals surface area contributed by atoms with Gasteiger partial charge in [0.2, 0.25) is 0 Å². The van der Waals surface area contributed by atoms with Crippen LogP contribution in [-0.4, -0.2) is 29.7 Å². The Morgan fingerprint density at radius 3 is 2.35 bits per heavy atom. The molecule has 0 aromatic heterocycles. The van der Waals surface area contributed by atoms with Crippen molar-refractivity contribution in [3.63, 3.8) is 0 Å². The van der Waals surface area contributed by atoms with Crippen LogP contribution < -0.4 is 10.6 Å². The van der Waals surface area contributed by atoms with Crippen molar-refractivity contribution < 1.29 is 23.5 Å². The summed E-state index contributed by atoms with van der Waals surface area (Å²) in [4.78, 5) is 22.1. The number of aliphatic carboxylic acids is 1. The zero-order valence-corrected chi connectivity index (χ0v) is 11.0. The lowest BCUT2D eigenvalue weighted by Crippen LogP contribution is -2.46. The molecule has 0 radical (unpaired) electrons. The molecule has 0 bridgehead atoms. The first kappa shape index (κ1) is 15.9. The highest BCUT2D eigenvalue weighted by Crippen LogP contribution is 2.08. The second kappa shape index (κ2) is 7.42. The van der Waals surface area contributed by atoms with Gasteiger partial charge in [-0.25, -0.2) is 18.4 Å². The van der Waals surface area contributed by atoms with Crippen LogP contribution in [0.5, 0.6) is 0 Å². The fourth-order valence-corrected chi connectivity index (χ4v) is 1.62. The number of amides is 2. The Morgan fingerprint density at radius 1 is 1.25 bits per heavy atom. The van der Waals surface area contributed by atoms with E-state index in [2.05, 4.69) is 10.6 Å². The van der Waals surface area contributed by atoms with Crippen molar-refractivity contribution in [3.05, 3.63) is 35.4 Å². The van der Waals surface area contributed by atoms with Gasteiger partial charge in [-0.05, 0) is 30.5 Å². The van der Waals surface area contributed by atoms with Gasteiger partial charge >= 0.3 is 12.0 Å². The molecule has 2 amide bonds. The number of carbonyl (C=O) groups excluding carboxylic acids is 1. The quantitative estimate of drug-likeness (QED) is 0.744. The summed E-state index contributed by atoms with van der Waals surface area (Å²) in [7, 11) is 0. The highest BCUT2D eigenvalue weighted by Gasteiger charge is 2.16. The summed E-state index contributed by atoms with van der Waals surface area (Å²) < 4.78 is 25.8. The highest BCUT2D eigenvalue weighted by molar-refractivity contribution is 5.82. The third-order valence-corrected chi connectivity index (χ3v) is 2.63. The lowest BCUT2D eigenvalue weighted by molar-refractivity contribution is -0.139. The van der Waals surface area contributed by atoms with Crippen molar-refractivity contribution in [1.29, 1.82) is 0 Å². The number of carboxylic acid groups (broad SMARTS) is 1. The van der Waals surface area contributed by atoms with Gasteiger partial charge in [-0.1, -0.05) is 6.92 Å². The minimum Gasteiger partial charge on any atom is -0.480 e. The predicted molar refractivity (Wildman–Crippen MR) is 68.3 cm³/mol. The molecule has 1 rings (SSSR count). The number of hydrogen-bond acceptors (Lipinski definition) is 2. The maximum absolute atomic E-state index is 12.9. The highest BCUT2D eigenvalue weighted by atomic mass is 19.1. The number of halogens is 2. The van der Waals surface area contributed by atoms with Crippen molar-refractivity contribution in [2.75, 3.05) is 6.54 Å². The molecule has 1 atom stereocenters. The van der Waals surface area contributed by atoms with Crippen LogP contribution in [0.15, 0.2) is 18.2 Å². The monoisotopic (exact) mass is 286 g/mol. The normalized spacial score (nSPS) is 11.8. The molecular weight excluding hydrogens is 270 g/mol. The minimum atomic E-state index is -1.12. The Labute approximate surface area is 115 Å². The molecule has 110 valence electrons. The van der Waals surface area contributed by atoms with E-state index in [1.54, 1.807) is 6.92 Å². The van der Waals surface area contributed by atoms with Gasteiger partial charge in [0, 0.05) is 12.6 Å². The molecule has 7 heteroatoms. The largest absolute Gasteiger partial charge is 0.480 e. The topological polar surface area (TPSA) is 78.4 Å². The van der Waals surface area contributed by atoms with Crippen molar-refractivity contribution >= 4 is 12.0 Å². The van der Waals surface area contributed by atoms with Crippen LogP contribution in [0, 0.1) is 11.6 Å². The second-order valence-corrected chi connectivity index (χ2v) is 4.23. The summed E-state index contributed by atoms with van der Waals surface area (Å²) in [6, 6.07) is 1.53. The van der Waals surface area contributed by atoms with Gasteiger partial charge in [0.1, 0.15) is 17.7 Å². The molecule has 0 fully saturated rings. The molecule has 0 unspecified atom stereocenters. The third kappa shape index (κ3) is 5.21. The van der Waals surface area contributed by atoms with Crippen molar-refractivity contribution in [1.82, 2.24) is 10.6 Å². The molecule has 1 aromatic carbocycles. The lowest BCUT2D eigenvalue weighted by Gasteiger charge is -2.13. The molecule has 0 aliphatic rings. The van der Waals surface area contributed by atoms with E-state index in [1.165, 1.54) is 12.1 Å². The van der Waals surface area contributed by atoms with E-state index in [0.29, 0.717) is 5.56 Å². The van der Waals surface area contributed by atoms with Crippen molar-refractivity contribution in [2.45, 2.75) is 25.8 Å². The second-order valence-electron chi connectivity index (χ2n) is 4.23. The third-order valence-electron chi connectivity index (χ3n) is 2.63. The van der Waals surface area contributed by atoms with Gasteiger partial charge in [-0.15, -0.1) is 0 Å². The van der Waals surface area contributed by atoms with Crippen LogP contribution in [0.3, 0.4) is 0 Å². The molecule has 3 N–H and O–H groups in total. The maximum atomic E-state index is 12.9. The summed E-state index contributed by atoms with van der Waals surface area (Å²) in [5, 5.41) is 13.5. The van der Waals surface area contributed by atoms with E-state index in [9.17, 15) is 18.4 Å². The molecule has 0 saturated heterocycles. The van der Waals surface area contributed by atoms with Gasteiger partial charge in [-0.3, -0.25) is 0 Å². The van der Waals surface area contributed by atoms with Gasteiger partial charge < -0.3 is 15.7 Å². The fraction of sp³-hybridized carbons (Fsp3) is 0.385. The molecule has 5 nitrogen and oxygen atoms in total. The summed E-state index contributed by atoms with van der Waals surface area (Å²) in [5.74, 6) is -2.47. The Morgan fingerprint density at radius 2 is 1.85 bits per heavy atom. The van der Waals surface area contributed by atoms with Crippen molar-refractivity contribution in [3.8, 4) is 0 Å². The van der Waals surface area contributed by atoms with E-state index >= 15 is 0 Å². The van der Waals surface area contributed by atoms with Gasteiger partial charge in [0.05, 0.1) is 0 Å². The minimum absolute atomic E-state index is 0.144. The van der Waals surface area contributed by atoms with E-state index in [-0.39, 0.29) is 19.4 Å². The molecule has 0 aliphatic carbocycles. The van der Waals surface area contributed by atoms with Gasteiger partial charge in [0.15, 0.2) is 0 Å². The number of carboxylic acids is 1. The van der Waals surface area contributed by atoms with E-state index in [0.717, 1.165) is 6.07 Å². The van der Waals surface area contributed by atoms with Gasteiger partial charge in [0.25, 0.3) is 0 Å². The Bertz CT molecular complexity index is 474. The van der Waals surface area contributed by atoms with Crippen LogP contribution in [0.1, 0.15) is 18.9 Å². The average molecular weight is 286 g/mol. The number of carbonyl (C=O) groups is 2. The average Bonchev–Trinajstić information content (AvgIpc) is 2.34. The van der Waals surface area contributed by atoms with Crippen LogP contribution in [0.2, 0.25) is 0 Å². The smallest absolute Gasteiger partial charge is 0.326 e. The molecular formula is C13H16F2N2O3. The molecule has 1 aromatic rings. The zero-order valence-electron chi connectivity index (χ0n) is 11.0. The van der Waals surface area contributed by atoms with Crippen LogP contribution in [0.4, 0.5) is 13.6 Å². The summed E-state index contributed by atoms with van der Waals surface area (Å²) in [6.45, 7) is 1.78.